The number of benzene rings is 2. The number of nitrogens with zero attached hydrogens (tertiary/aromatic N) is 2. The molecule has 0 radical (unpaired) electrons. The largest absolute Gasteiger partial charge is 0.496 e. The van der Waals surface area contributed by atoms with Gasteiger partial charge in [-0.3, -0.25) is 4.90 Å². The van der Waals surface area contributed by atoms with Crippen LogP contribution in [0.3, 0.4) is 0 Å². The lowest BCUT2D eigenvalue weighted by Gasteiger charge is -2.46. The first-order valence-electron chi connectivity index (χ1n) is 10.4. The zero-order chi connectivity index (χ0) is 20.3. The highest BCUT2D eigenvalue weighted by molar-refractivity contribution is 7.89. The maximum absolute atomic E-state index is 12.9. The molecule has 156 valence electrons. The Morgan fingerprint density at radius 1 is 0.862 bits per heavy atom. The van der Waals surface area contributed by atoms with Crippen LogP contribution in [0.1, 0.15) is 31.2 Å². The highest BCUT2D eigenvalue weighted by Crippen LogP contribution is 2.42. The number of para-hydroxylation sites is 1. The molecule has 5 nitrogen and oxygen atoms in total. The second-order valence-corrected chi connectivity index (χ2v) is 10.2. The zero-order valence-electron chi connectivity index (χ0n) is 17.1. The van der Waals surface area contributed by atoms with Crippen LogP contribution in [0.15, 0.2) is 59.5 Å². The van der Waals surface area contributed by atoms with Crippen LogP contribution in [-0.2, 0) is 16.6 Å². The van der Waals surface area contributed by atoms with E-state index in [0.29, 0.717) is 23.4 Å². The molecule has 1 spiro atoms. The predicted molar refractivity (Wildman–Crippen MR) is 114 cm³/mol. The number of piperidine rings is 2. The molecule has 0 amide bonds. The highest BCUT2D eigenvalue weighted by Gasteiger charge is 2.40. The van der Waals surface area contributed by atoms with Crippen LogP contribution in [0.5, 0.6) is 5.75 Å². The number of hydrogen-bond donors (Lipinski definition) is 0. The summed E-state index contributed by atoms with van der Waals surface area (Å²) < 4.78 is 32.9. The van der Waals surface area contributed by atoms with E-state index in [4.69, 9.17) is 4.74 Å². The van der Waals surface area contributed by atoms with Gasteiger partial charge in [0.2, 0.25) is 10.0 Å². The molecule has 4 rings (SSSR count). The minimum absolute atomic E-state index is 0.292. The van der Waals surface area contributed by atoms with E-state index in [0.717, 1.165) is 51.1 Å². The molecule has 6 heteroatoms. The van der Waals surface area contributed by atoms with Crippen LogP contribution in [0.4, 0.5) is 0 Å². The molecule has 0 unspecified atom stereocenters. The van der Waals surface area contributed by atoms with E-state index < -0.39 is 10.0 Å². The van der Waals surface area contributed by atoms with Gasteiger partial charge < -0.3 is 4.74 Å². The summed E-state index contributed by atoms with van der Waals surface area (Å²) in [7, 11) is -1.64. The van der Waals surface area contributed by atoms with Crippen LogP contribution in [0, 0.1) is 5.41 Å². The lowest BCUT2D eigenvalue weighted by molar-refractivity contribution is 0.0526. The molecule has 0 bridgehead atoms. The Morgan fingerprint density at radius 3 is 2.10 bits per heavy atom. The Bertz CT molecular complexity index is 912. The maximum Gasteiger partial charge on any atom is 0.243 e. The fourth-order valence-electron chi connectivity index (χ4n) is 4.70. The van der Waals surface area contributed by atoms with Crippen LogP contribution >= 0.6 is 0 Å². The minimum Gasteiger partial charge on any atom is -0.496 e. The van der Waals surface area contributed by atoms with Gasteiger partial charge in [0.05, 0.1) is 12.0 Å². The van der Waals surface area contributed by atoms with Crippen LogP contribution in [0.2, 0.25) is 0 Å². The van der Waals surface area contributed by atoms with E-state index in [9.17, 15) is 8.42 Å². The maximum atomic E-state index is 12.9. The third-order valence-electron chi connectivity index (χ3n) is 6.67. The summed E-state index contributed by atoms with van der Waals surface area (Å²) in [5, 5.41) is 0. The van der Waals surface area contributed by atoms with Gasteiger partial charge in [-0.25, -0.2) is 8.42 Å². The molecule has 0 N–H and O–H groups in total. The van der Waals surface area contributed by atoms with Crippen molar-refractivity contribution in [2.75, 3.05) is 33.3 Å². The first-order chi connectivity index (χ1) is 14.0. The van der Waals surface area contributed by atoms with Crippen molar-refractivity contribution in [1.82, 2.24) is 9.21 Å². The summed E-state index contributed by atoms with van der Waals surface area (Å²) in [5.41, 5.74) is 1.52. The first-order valence-corrected chi connectivity index (χ1v) is 11.9. The molecule has 0 aromatic heterocycles. The number of ether oxygens (including phenoxy) is 1. The van der Waals surface area contributed by atoms with Crippen LogP contribution in [-0.4, -0.2) is 50.9 Å². The first kappa shape index (κ1) is 20.4. The Balaban J connectivity index is 1.34. The Labute approximate surface area is 174 Å². The van der Waals surface area contributed by atoms with Gasteiger partial charge in [-0.05, 0) is 62.4 Å². The number of hydrogen-bond acceptors (Lipinski definition) is 4. The van der Waals surface area contributed by atoms with Crippen molar-refractivity contribution in [3.05, 3.63) is 60.2 Å². The van der Waals surface area contributed by atoms with Gasteiger partial charge in [0, 0.05) is 25.2 Å². The van der Waals surface area contributed by atoms with Crippen molar-refractivity contribution < 1.29 is 13.2 Å². The number of likely N-dealkylation sites (tertiary alicyclic amines) is 1. The second kappa shape index (κ2) is 8.46. The Kier molecular flexibility index (Phi) is 5.95. The van der Waals surface area contributed by atoms with Gasteiger partial charge in [0.25, 0.3) is 0 Å². The summed E-state index contributed by atoms with van der Waals surface area (Å²) in [6.07, 6.45) is 4.20. The number of sulfonamides is 1. The van der Waals surface area contributed by atoms with Crippen LogP contribution < -0.4 is 4.74 Å². The molecule has 2 aromatic carbocycles. The van der Waals surface area contributed by atoms with Gasteiger partial charge in [0.1, 0.15) is 5.75 Å². The van der Waals surface area contributed by atoms with E-state index >= 15 is 0 Å². The average Bonchev–Trinajstić information content (AvgIpc) is 2.77. The minimum atomic E-state index is -3.37. The normalized spacial score (nSPS) is 20.6. The van der Waals surface area contributed by atoms with Gasteiger partial charge >= 0.3 is 0 Å². The highest BCUT2D eigenvalue weighted by atomic mass is 32.2. The SMILES string of the molecule is COc1ccccc1CN1CCC2(CC1)CCN(S(=O)(=O)c1ccccc1)CC2. The molecule has 0 aliphatic carbocycles. The predicted octanol–water partition coefficient (Wildman–Crippen LogP) is 3.76. The summed E-state index contributed by atoms with van der Waals surface area (Å²) in [4.78, 5) is 2.90. The molecule has 2 aliphatic heterocycles. The van der Waals surface area contributed by atoms with E-state index in [1.165, 1.54) is 5.56 Å². The summed E-state index contributed by atoms with van der Waals surface area (Å²) in [6, 6.07) is 17.0. The average molecular weight is 415 g/mol. The molecule has 0 saturated carbocycles. The molecule has 2 heterocycles. The van der Waals surface area contributed by atoms with Crippen molar-refractivity contribution in [3.8, 4) is 5.75 Å². The topological polar surface area (TPSA) is 49.9 Å². The van der Waals surface area contributed by atoms with Gasteiger partial charge in [-0.1, -0.05) is 36.4 Å². The molecule has 2 aliphatic rings. The van der Waals surface area contributed by atoms with Crippen molar-refractivity contribution >= 4 is 10.0 Å². The molecular formula is C23H30N2O3S. The number of rotatable bonds is 5. The standard InChI is InChI=1S/C23H30N2O3S/c1-28-22-10-6-5-7-20(22)19-24-15-11-23(12-16-24)13-17-25(18-14-23)29(26,27)21-8-3-2-4-9-21/h2-10H,11-19H2,1H3. The molecule has 29 heavy (non-hydrogen) atoms. The Hall–Kier alpha value is -1.89. The zero-order valence-corrected chi connectivity index (χ0v) is 17.9. The van der Waals surface area contributed by atoms with E-state index in [-0.39, 0.29) is 0 Å². The number of methoxy groups -OCH3 is 1. The molecule has 0 atom stereocenters. The molecule has 2 fully saturated rings. The molecule has 2 aromatic rings. The monoisotopic (exact) mass is 414 g/mol. The third-order valence-corrected chi connectivity index (χ3v) is 8.58. The summed E-state index contributed by atoms with van der Waals surface area (Å²) in [6.45, 7) is 4.29. The third kappa shape index (κ3) is 4.34. The van der Waals surface area contributed by atoms with Crippen molar-refractivity contribution in [2.24, 2.45) is 5.41 Å². The fraction of sp³-hybridized carbons (Fsp3) is 0.478. The van der Waals surface area contributed by atoms with Crippen molar-refractivity contribution in [3.63, 3.8) is 0 Å². The lowest BCUT2D eigenvalue weighted by Crippen LogP contribution is -2.48. The lowest BCUT2D eigenvalue weighted by atomic mass is 9.71. The quantitative estimate of drug-likeness (QED) is 0.747. The summed E-state index contributed by atoms with van der Waals surface area (Å²) in [5.74, 6) is 0.951. The van der Waals surface area contributed by atoms with E-state index in [1.54, 1.807) is 35.7 Å². The molecular weight excluding hydrogens is 384 g/mol. The Morgan fingerprint density at radius 2 is 1.45 bits per heavy atom. The van der Waals surface area contributed by atoms with Crippen molar-refractivity contribution in [2.45, 2.75) is 37.1 Å². The van der Waals surface area contributed by atoms with Crippen molar-refractivity contribution in [1.29, 1.82) is 0 Å². The van der Waals surface area contributed by atoms with E-state index in [2.05, 4.69) is 17.0 Å². The second-order valence-electron chi connectivity index (χ2n) is 8.31. The summed E-state index contributed by atoms with van der Waals surface area (Å²) >= 11 is 0. The van der Waals surface area contributed by atoms with Gasteiger partial charge in [-0.2, -0.15) is 4.31 Å². The fourth-order valence-corrected chi connectivity index (χ4v) is 6.16. The van der Waals surface area contributed by atoms with Gasteiger partial charge in [-0.15, -0.1) is 0 Å². The molecule has 2 saturated heterocycles. The van der Waals surface area contributed by atoms with Crippen LogP contribution in [0.25, 0.3) is 0 Å². The smallest absolute Gasteiger partial charge is 0.243 e. The van der Waals surface area contributed by atoms with Gasteiger partial charge in [0.15, 0.2) is 0 Å². The van der Waals surface area contributed by atoms with E-state index in [1.807, 2.05) is 18.2 Å².